The van der Waals surface area contributed by atoms with Crippen LogP contribution in [0.4, 0.5) is 10.3 Å². The Kier molecular flexibility index (Phi) is 3.25. The van der Waals surface area contributed by atoms with Gasteiger partial charge < -0.3 is 25.3 Å². The highest BCUT2D eigenvalue weighted by molar-refractivity contribution is 6.34. The molecule has 108 valence electrons. The number of hydrogen-bond donors (Lipinski definition) is 3. The fourth-order valence-corrected chi connectivity index (χ4v) is 2.53. The average molecular weight is 303 g/mol. The maximum atomic E-state index is 14.1. The van der Waals surface area contributed by atoms with Gasteiger partial charge in [-0.3, -0.25) is 0 Å². The number of hydrogen-bond acceptors (Lipinski definition) is 6. The van der Waals surface area contributed by atoms with Crippen LogP contribution in [0.2, 0.25) is 5.15 Å². The summed E-state index contributed by atoms with van der Waals surface area (Å²) in [6, 6.07) is 1.60. The van der Waals surface area contributed by atoms with Crippen LogP contribution in [0.5, 0.6) is 0 Å². The molecule has 0 unspecified atom stereocenters. The first-order valence-corrected chi connectivity index (χ1v) is 6.28. The van der Waals surface area contributed by atoms with E-state index in [2.05, 4.69) is 9.97 Å². The molecule has 3 rings (SSSR count). The van der Waals surface area contributed by atoms with Crippen LogP contribution in [0.25, 0.3) is 11.0 Å². The molecule has 2 aromatic heterocycles. The number of aliphatic hydroxyl groups excluding tert-OH is 2. The molecular formula is C11H12ClFN4O3. The molecule has 4 atom stereocenters. The van der Waals surface area contributed by atoms with Crippen LogP contribution in [0.3, 0.4) is 0 Å². The zero-order valence-corrected chi connectivity index (χ0v) is 10.9. The molecule has 1 aliphatic rings. The minimum absolute atomic E-state index is 0.0462. The quantitative estimate of drug-likeness (QED) is 0.687. The third-order valence-corrected chi connectivity index (χ3v) is 3.58. The van der Waals surface area contributed by atoms with Crippen molar-refractivity contribution in [1.82, 2.24) is 14.5 Å². The Morgan fingerprint density at radius 2 is 2.25 bits per heavy atom. The summed E-state index contributed by atoms with van der Waals surface area (Å²) < 4.78 is 20.8. The lowest BCUT2D eigenvalue weighted by Crippen LogP contribution is -2.30. The minimum Gasteiger partial charge on any atom is -0.394 e. The van der Waals surface area contributed by atoms with Gasteiger partial charge in [-0.2, -0.15) is 4.98 Å². The summed E-state index contributed by atoms with van der Waals surface area (Å²) in [6.45, 7) is -0.477. The van der Waals surface area contributed by atoms with E-state index in [-0.39, 0.29) is 11.1 Å². The predicted molar refractivity (Wildman–Crippen MR) is 68.8 cm³/mol. The fraction of sp³-hybridized carbons (Fsp3) is 0.455. The highest BCUT2D eigenvalue weighted by Crippen LogP contribution is 2.35. The van der Waals surface area contributed by atoms with Gasteiger partial charge in [-0.05, 0) is 6.07 Å². The lowest BCUT2D eigenvalue weighted by atomic mass is 10.1. The Morgan fingerprint density at radius 3 is 2.90 bits per heavy atom. The normalized spacial score (nSPS) is 30.2. The van der Waals surface area contributed by atoms with Crippen molar-refractivity contribution in [2.75, 3.05) is 12.3 Å². The molecule has 0 radical (unpaired) electrons. The number of anilines is 1. The fourth-order valence-electron chi connectivity index (χ4n) is 2.30. The third kappa shape index (κ3) is 1.92. The van der Waals surface area contributed by atoms with Crippen molar-refractivity contribution in [3.63, 3.8) is 0 Å². The van der Waals surface area contributed by atoms with E-state index in [1.807, 2.05) is 0 Å². The van der Waals surface area contributed by atoms with Crippen LogP contribution in [-0.2, 0) is 4.74 Å². The molecule has 20 heavy (non-hydrogen) atoms. The van der Waals surface area contributed by atoms with Crippen LogP contribution in [0, 0.1) is 0 Å². The van der Waals surface area contributed by atoms with Crippen LogP contribution in [0.15, 0.2) is 12.3 Å². The van der Waals surface area contributed by atoms with Crippen molar-refractivity contribution in [1.29, 1.82) is 0 Å². The number of nitrogen functional groups attached to an aromatic ring is 1. The van der Waals surface area contributed by atoms with Crippen LogP contribution >= 0.6 is 11.6 Å². The molecule has 1 saturated heterocycles. The summed E-state index contributed by atoms with van der Waals surface area (Å²) >= 11 is 5.93. The second kappa shape index (κ2) is 4.81. The molecule has 1 aliphatic heterocycles. The molecule has 0 aromatic carbocycles. The number of ether oxygens (including phenoxy) is 1. The van der Waals surface area contributed by atoms with Crippen LogP contribution < -0.4 is 5.73 Å². The van der Waals surface area contributed by atoms with Crippen molar-refractivity contribution in [2.45, 2.75) is 24.6 Å². The second-order valence-corrected chi connectivity index (χ2v) is 4.87. The summed E-state index contributed by atoms with van der Waals surface area (Å²) in [6.07, 6.45) is -3.67. The number of aliphatic hydroxyl groups is 2. The van der Waals surface area contributed by atoms with E-state index >= 15 is 0 Å². The first-order valence-electron chi connectivity index (χ1n) is 5.91. The standard InChI is InChI=1S/C11H12ClFN4O3/c12-8-4-1-2-17(9(4)16-11(14)15-8)10-6(13)7(19)5(3-18)20-10/h1-2,5-7,10,18-19H,3H2,(H2,14,15,16)/t5-,6-,7-,10-/m1/s1. The van der Waals surface area contributed by atoms with Gasteiger partial charge in [-0.1, -0.05) is 11.6 Å². The van der Waals surface area contributed by atoms with Gasteiger partial charge in [-0.15, -0.1) is 0 Å². The van der Waals surface area contributed by atoms with Crippen LogP contribution in [-0.4, -0.2) is 49.7 Å². The Balaban J connectivity index is 2.07. The molecule has 0 bridgehead atoms. The Labute approximate surface area is 117 Å². The summed E-state index contributed by atoms with van der Waals surface area (Å²) in [4.78, 5) is 7.81. The summed E-state index contributed by atoms with van der Waals surface area (Å²) in [7, 11) is 0. The van der Waals surface area contributed by atoms with Crippen LogP contribution in [0.1, 0.15) is 6.23 Å². The molecule has 7 nitrogen and oxygen atoms in total. The zero-order valence-electron chi connectivity index (χ0n) is 10.1. The highest BCUT2D eigenvalue weighted by atomic mass is 35.5. The zero-order chi connectivity index (χ0) is 14.4. The van der Waals surface area contributed by atoms with Gasteiger partial charge in [0, 0.05) is 6.20 Å². The molecule has 2 aromatic rings. The van der Waals surface area contributed by atoms with Crippen molar-refractivity contribution >= 4 is 28.6 Å². The SMILES string of the molecule is Nc1nc(Cl)c2ccn([C@@H]3O[C@H](CO)[C@@H](O)[C@H]3F)c2n1. The number of alkyl halides is 1. The largest absolute Gasteiger partial charge is 0.394 e. The Hall–Kier alpha value is -1.48. The maximum absolute atomic E-state index is 14.1. The molecular weight excluding hydrogens is 291 g/mol. The molecule has 0 spiro atoms. The average Bonchev–Trinajstić information content (AvgIpc) is 2.93. The lowest BCUT2D eigenvalue weighted by Gasteiger charge is -2.16. The molecule has 1 fully saturated rings. The molecule has 0 saturated carbocycles. The van der Waals surface area contributed by atoms with Crippen molar-refractivity contribution in [3.05, 3.63) is 17.4 Å². The van der Waals surface area contributed by atoms with E-state index in [0.717, 1.165) is 0 Å². The van der Waals surface area contributed by atoms with E-state index in [4.69, 9.17) is 27.2 Å². The summed E-state index contributed by atoms with van der Waals surface area (Å²) in [5.74, 6) is -0.0462. The minimum atomic E-state index is -1.70. The summed E-state index contributed by atoms with van der Waals surface area (Å²) in [5, 5.41) is 19.3. The van der Waals surface area contributed by atoms with E-state index in [0.29, 0.717) is 11.0 Å². The van der Waals surface area contributed by atoms with E-state index in [1.165, 1.54) is 10.8 Å². The first-order chi connectivity index (χ1) is 9.52. The van der Waals surface area contributed by atoms with Gasteiger partial charge >= 0.3 is 0 Å². The van der Waals surface area contributed by atoms with E-state index in [1.54, 1.807) is 6.07 Å². The number of aromatic nitrogens is 3. The van der Waals surface area contributed by atoms with E-state index in [9.17, 15) is 9.50 Å². The first kappa shape index (κ1) is 13.5. The molecule has 0 aliphatic carbocycles. The Bertz CT molecular complexity index is 652. The molecule has 3 heterocycles. The molecule has 4 N–H and O–H groups in total. The van der Waals surface area contributed by atoms with Gasteiger partial charge in [-0.25, -0.2) is 9.37 Å². The van der Waals surface area contributed by atoms with Crippen molar-refractivity contribution in [3.8, 4) is 0 Å². The van der Waals surface area contributed by atoms with Gasteiger partial charge in [0.25, 0.3) is 0 Å². The summed E-state index contributed by atoms with van der Waals surface area (Å²) in [5.41, 5.74) is 5.83. The third-order valence-electron chi connectivity index (χ3n) is 3.29. The number of nitrogens with two attached hydrogens (primary N) is 1. The van der Waals surface area contributed by atoms with Gasteiger partial charge in [0.15, 0.2) is 12.4 Å². The number of fused-ring (bicyclic) bond motifs is 1. The molecule has 9 heteroatoms. The molecule has 0 amide bonds. The lowest BCUT2D eigenvalue weighted by molar-refractivity contribution is -0.0457. The predicted octanol–water partition coefficient (Wildman–Crippen LogP) is 0.256. The number of halogens is 2. The van der Waals surface area contributed by atoms with Gasteiger partial charge in [0.05, 0.1) is 12.0 Å². The number of rotatable bonds is 2. The maximum Gasteiger partial charge on any atom is 0.223 e. The topological polar surface area (TPSA) is 106 Å². The smallest absolute Gasteiger partial charge is 0.223 e. The van der Waals surface area contributed by atoms with Gasteiger partial charge in [0.1, 0.15) is 23.0 Å². The highest BCUT2D eigenvalue weighted by Gasteiger charge is 2.45. The Morgan fingerprint density at radius 1 is 1.50 bits per heavy atom. The van der Waals surface area contributed by atoms with Gasteiger partial charge in [0.2, 0.25) is 5.95 Å². The van der Waals surface area contributed by atoms with E-state index < -0.39 is 31.2 Å². The van der Waals surface area contributed by atoms with Crippen molar-refractivity contribution < 1.29 is 19.3 Å². The second-order valence-electron chi connectivity index (χ2n) is 4.52. The number of nitrogens with zero attached hydrogens (tertiary/aromatic N) is 3. The monoisotopic (exact) mass is 302 g/mol. The van der Waals surface area contributed by atoms with Crippen molar-refractivity contribution in [2.24, 2.45) is 0 Å².